The number of amides is 1. The van der Waals surface area contributed by atoms with E-state index in [0.717, 1.165) is 0 Å². The fourth-order valence-electron chi connectivity index (χ4n) is 4.29. The van der Waals surface area contributed by atoms with E-state index in [1.54, 1.807) is 18.3 Å². The number of hydrogen-bond donors (Lipinski definition) is 1. The van der Waals surface area contributed by atoms with Crippen molar-refractivity contribution in [3.8, 4) is 0 Å². The monoisotopic (exact) mass is 776 g/mol. The Bertz CT molecular complexity index is 1480. The van der Waals surface area contributed by atoms with Gasteiger partial charge in [-0.3, -0.25) is 14.4 Å². The third-order valence-corrected chi connectivity index (χ3v) is 6.37. The van der Waals surface area contributed by atoms with E-state index < -0.39 is 65.6 Å². The van der Waals surface area contributed by atoms with E-state index in [-0.39, 0.29) is 111 Å². The Balaban J connectivity index is 0. The van der Waals surface area contributed by atoms with Crippen molar-refractivity contribution in [2.75, 3.05) is 6.61 Å². The van der Waals surface area contributed by atoms with Gasteiger partial charge in [0.1, 0.15) is 17.7 Å². The maximum atomic E-state index is 14.9. The smallest absolute Gasteiger partial charge is 0.466 e. The molecule has 2 N–H and O–H groups in total. The first kappa shape index (κ1) is 46.1. The molecule has 1 aromatic heterocycles. The number of benzene rings is 1. The number of hydrogen-bond acceptors (Lipinski definition) is 4. The number of nitrogens with two attached hydrogens (primary N) is 1. The fraction of sp³-hybridized carbons (Fsp3) is 0.394. The number of esters is 1. The summed E-state index contributed by atoms with van der Waals surface area (Å²) in [7, 11) is 0. The molecule has 0 bridgehead atoms. The van der Waals surface area contributed by atoms with Crippen LogP contribution in [-0.4, -0.2) is 29.2 Å². The van der Waals surface area contributed by atoms with Crippen LogP contribution < -0.4 is 80.2 Å². The Morgan fingerprint density at radius 2 is 1.67 bits per heavy atom. The van der Waals surface area contributed by atoms with Crippen molar-refractivity contribution in [3.05, 3.63) is 106 Å². The number of ether oxygens (including phenoxy) is 1. The number of pyridine rings is 1. The van der Waals surface area contributed by atoms with Gasteiger partial charge in [0.25, 0.3) is 5.56 Å². The largest absolute Gasteiger partial charge is 1.00 e. The van der Waals surface area contributed by atoms with E-state index in [2.05, 4.69) is 11.3 Å². The van der Waals surface area contributed by atoms with Gasteiger partial charge < -0.3 is 22.5 Å². The predicted octanol–water partition coefficient (Wildman–Crippen LogP) is 5.12. The first-order chi connectivity index (χ1) is 20.3. The van der Waals surface area contributed by atoms with Gasteiger partial charge in [-0.05, 0) is 74.4 Å². The van der Waals surface area contributed by atoms with Crippen LogP contribution in [0.15, 0.2) is 65.1 Å². The minimum atomic E-state index is -4.89. The van der Waals surface area contributed by atoms with Crippen LogP contribution in [0.25, 0.3) is 5.57 Å². The average molecular weight is 777 g/mol. The third-order valence-electron chi connectivity index (χ3n) is 6.37. The summed E-state index contributed by atoms with van der Waals surface area (Å²) in [6.07, 6.45) is -3.59. The van der Waals surface area contributed by atoms with Gasteiger partial charge in [-0.2, -0.15) is 13.2 Å². The molecule has 13 heteroatoms. The summed E-state index contributed by atoms with van der Waals surface area (Å²) in [5.41, 5.74) is 3.01. The van der Waals surface area contributed by atoms with Gasteiger partial charge in [0, 0.05) is 29.8 Å². The standard InChI is InChI=1S/C21H22F6O2.C11H16N2O2.CH3.Cs/c1-6-29-17(28)8-7-16(22)20(24)15(10-13(4)21(25,26)27)18-11(2)9-12(3)19(23)14(18)5;1-8(2)7-9(11(12)15)13-6-4-3-5-10(13)14;;/h9-10H,4,6-8H2,1-3,5H3;3-6,8-9H,7H2,1-2H3,(H2,12,15);1H3;/q;;-1;+1/b15-10-,20-16+;;;. The number of carbonyl (C=O) groups excluding carboxylic acids is 2. The molecule has 0 saturated carbocycles. The second-order valence-electron chi connectivity index (χ2n) is 10.4. The summed E-state index contributed by atoms with van der Waals surface area (Å²) < 4.78 is 88.5. The van der Waals surface area contributed by atoms with Crippen LogP contribution in [0.1, 0.15) is 68.3 Å². The quantitative estimate of drug-likeness (QED) is 0.149. The van der Waals surface area contributed by atoms with Crippen LogP contribution in [0.2, 0.25) is 0 Å². The van der Waals surface area contributed by atoms with Gasteiger partial charge in [-0.1, -0.05) is 32.6 Å². The summed E-state index contributed by atoms with van der Waals surface area (Å²) in [6, 6.07) is 5.57. The molecule has 0 aliphatic rings. The molecule has 1 atom stereocenters. The third kappa shape index (κ3) is 14.0. The van der Waals surface area contributed by atoms with E-state index in [1.165, 1.54) is 44.4 Å². The molecule has 46 heavy (non-hydrogen) atoms. The molecule has 0 aliphatic heterocycles. The first-order valence-electron chi connectivity index (χ1n) is 13.7. The molecule has 0 aliphatic carbocycles. The fourth-order valence-corrected chi connectivity index (χ4v) is 4.29. The Hall–Kier alpha value is -2.04. The predicted molar refractivity (Wildman–Crippen MR) is 164 cm³/mol. The van der Waals surface area contributed by atoms with Crippen LogP contribution in [0.4, 0.5) is 26.3 Å². The van der Waals surface area contributed by atoms with Crippen molar-refractivity contribution < 1.29 is 110 Å². The summed E-state index contributed by atoms with van der Waals surface area (Å²) in [5.74, 6) is -4.73. The van der Waals surface area contributed by atoms with Crippen molar-refractivity contribution in [3.63, 3.8) is 0 Å². The molecule has 0 radical (unpaired) electrons. The molecule has 0 fully saturated rings. The normalized spacial score (nSPS) is 12.5. The van der Waals surface area contributed by atoms with Crippen molar-refractivity contribution >= 4 is 17.4 Å². The number of primary amides is 1. The van der Waals surface area contributed by atoms with Crippen molar-refractivity contribution in [2.24, 2.45) is 11.7 Å². The van der Waals surface area contributed by atoms with Crippen molar-refractivity contribution in [2.45, 2.75) is 73.0 Å². The van der Waals surface area contributed by atoms with E-state index in [1.807, 2.05) is 13.8 Å². The molecule has 2 aromatic rings. The van der Waals surface area contributed by atoms with Crippen LogP contribution in [0, 0.1) is 39.9 Å². The van der Waals surface area contributed by atoms with Crippen LogP contribution in [0.3, 0.4) is 0 Å². The molecule has 6 nitrogen and oxygen atoms in total. The number of rotatable bonds is 11. The summed E-state index contributed by atoms with van der Waals surface area (Å²) >= 11 is 0. The Morgan fingerprint density at radius 3 is 2.15 bits per heavy atom. The number of allylic oxidation sites excluding steroid dienone is 5. The number of aromatic nitrogens is 1. The molecule has 250 valence electrons. The van der Waals surface area contributed by atoms with Gasteiger partial charge >= 0.3 is 81.0 Å². The topological polar surface area (TPSA) is 91.4 Å². The van der Waals surface area contributed by atoms with Crippen LogP contribution >= 0.6 is 0 Å². The van der Waals surface area contributed by atoms with Crippen LogP contribution in [0.5, 0.6) is 0 Å². The minimum Gasteiger partial charge on any atom is -0.466 e. The number of halogens is 6. The van der Waals surface area contributed by atoms with Gasteiger partial charge in [0.05, 0.1) is 13.0 Å². The Labute approximate surface area is 325 Å². The number of alkyl halides is 3. The number of carbonyl (C=O) groups is 2. The SMILES string of the molecule is C=C(/C=C(\C(F)=C(/F)CCC(=O)OCC)c1c(C)cc(C)c(F)c1C)C(F)(F)F.CC(C)CC(C(N)=O)n1ccccc1=O.[CH3-].[Cs+]. The molecule has 2 rings (SSSR count). The molecule has 1 amide bonds. The van der Waals surface area contributed by atoms with Crippen molar-refractivity contribution in [1.29, 1.82) is 0 Å². The average Bonchev–Trinajstić information content (AvgIpc) is 2.92. The Kier molecular flexibility index (Phi) is 21.1. The zero-order chi connectivity index (χ0) is 33.9. The van der Waals surface area contributed by atoms with Gasteiger partial charge in [-0.25, -0.2) is 13.2 Å². The number of nitrogens with zero attached hydrogens (tertiary/aromatic N) is 1. The van der Waals surface area contributed by atoms with Crippen molar-refractivity contribution in [1.82, 2.24) is 4.57 Å². The molecule has 0 saturated heterocycles. The molecule has 1 aromatic carbocycles. The number of aryl methyl sites for hydroxylation is 2. The molecule has 1 unspecified atom stereocenters. The Morgan fingerprint density at radius 1 is 1.09 bits per heavy atom. The van der Waals surface area contributed by atoms with E-state index in [9.17, 15) is 40.7 Å². The maximum absolute atomic E-state index is 14.9. The van der Waals surface area contributed by atoms with Gasteiger partial charge in [0.15, 0.2) is 5.83 Å². The first-order valence-corrected chi connectivity index (χ1v) is 13.7. The summed E-state index contributed by atoms with van der Waals surface area (Å²) in [4.78, 5) is 34.1. The van der Waals surface area contributed by atoms with E-state index in [4.69, 9.17) is 5.73 Å². The zero-order valence-electron chi connectivity index (χ0n) is 27.6. The summed E-state index contributed by atoms with van der Waals surface area (Å²) in [5, 5.41) is 0. The minimum absolute atomic E-state index is 0. The summed E-state index contributed by atoms with van der Waals surface area (Å²) in [6.45, 7) is 12.6. The second kappa shape index (κ2) is 21.0. The molecule has 0 spiro atoms. The molecule has 1 heterocycles. The maximum Gasteiger partial charge on any atom is 1.00 e. The van der Waals surface area contributed by atoms with E-state index >= 15 is 0 Å². The van der Waals surface area contributed by atoms with Crippen LogP contribution in [-0.2, 0) is 14.3 Å². The van der Waals surface area contributed by atoms with E-state index in [0.29, 0.717) is 18.4 Å². The zero-order valence-corrected chi connectivity index (χ0v) is 33.9. The van der Waals surface area contributed by atoms with Gasteiger partial charge in [0.2, 0.25) is 5.91 Å². The van der Waals surface area contributed by atoms with Gasteiger partial charge in [-0.15, -0.1) is 0 Å². The second-order valence-corrected chi connectivity index (χ2v) is 10.4. The molecular weight excluding hydrogens is 735 g/mol. The molecular formula is C33H41CsF6N2O4.